The number of anilines is 2. The standard InChI is InChI=1S/C26H26BrF3N4O3.C19H21BrF2N4O2/c1-25(2,3)37-24(35)34(14-26(12-15(28)13-26)23-18(29)6-5-9-31-23)22-8-7-20(32-33-22)16-10-17(27)21(36-4)11-19(16)30;1-18(2,3)28-17(27)26(15-7-6-14(20)24-25-15)11-19(9-12(21)10-19)16-13(22)5-4-8-23-16/h5-11,15H,12-14H2,1-4H3;4-8,12H,9-11H2,1-3H3. The van der Waals surface area contributed by atoms with Gasteiger partial charge in [-0.3, -0.25) is 19.8 Å². The summed E-state index contributed by atoms with van der Waals surface area (Å²) < 4.78 is 89.1. The van der Waals surface area contributed by atoms with Crippen LogP contribution in [0, 0.1) is 17.5 Å². The first-order chi connectivity index (χ1) is 30.5. The van der Waals surface area contributed by atoms with E-state index in [1.54, 1.807) is 53.7 Å². The van der Waals surface area contributed by atoms with Crippen molar-refractivity contribution in [2.24, 2.45) is 0 Å². The summed E-state index contributed by atoms with van der Waals surface area (Å²) in [6.07, 6.45) is -0.692. The molecule has 2 amide bonds. The second-order valence-corrected chi connectivity index (χ2v) is 19.5. The van der Waals surface area contributed by atoms with Crippen molar-refractivity contribution in [3.05, 3.63) is 111 Å². The van der Waals surface area contributed by atoms with Crippen molar-refractivity contribution in [1.29, 1.82) is 0 Å². The van der Waals surface area contributed by atoms with E-state index in [2.05, 4.69) is 62.2 Å². The minimum Gasteiger partial charge on any atom is -0.495 e. The van der Waals surface area contributed by atoms with Gasteiger partial charge in [-0.05, 0) is 154 Å². The maximum atomic E-state index is 14.7. The first-order valence-electron chi connectivity index (χ1n) is 20.4. The third-order valence-corrected chi connectivity index (χ3v) is 11.5. The average molecular weight is 1030 g/mol. The molecule has 2 aliphatic rings. The summed E-state index contributed by atoms with van der Waals surface area (Å²) in [6, 6.07) is 14.4. The Hall–Kier alpha value is -5.37. The first kappa shape index (κ1) is 49.1. The van der Waals surface area contributed by atoms with Crippen LogP contribution < -0.4 is 14.5 Å². The van der Waals surface area contributed by atoms with Crippen LogP contribution in [-0.4, -0.2) is 86.3 Å². The van der Waals surface area contributed by atoms with Crippen molar-refractivity contribution in [2.45, 2.75) is 102 Å². The molecule has 1 aromatic carbocycles. The summed E-state index contributed by atoms with van der Waals surface area (Å²) >= 11 is 6.53. The molecule has 5 aromatic rings. The Morgan fingerprint density at radius 1 is 0.677 bits per heavy atom. The number of nitrogens with zero attached hydrogens (tertiary/aromatic N) is 8. The summed E-state index contributed by atoms with van der Waals surface area (Å²) in [6.45, 7) is 10.2. The molecule has 0 N–H and O–H groups in total. The lowest BCUT2D eigenvalue weighted by molar-refractivity contribution is 0.0501. The second kappa shape index (κ2) is 19.6. The summed E-state index contributed by atoms with van der Waals surface area (Å²) in [5.74, 6) is -1.04. The Morgan fingerprint density at radius 3 is 1.51 bits per heavy atom. The summed E-state index contributed by atoms with van der Waals surface area (Å²) in [7, 11) is 1.43. The maximum absolute atomic E-state index is 14.7. The van der Waals surface area contributed by atoms with Gasteiger partial charge in [0.2, 0.25) is 0 Å². The molecular formula is C45H47Br2F5N8O5. The van der Waals surface area contributed by atoms with E-state index in [1.807, 2.05) is 0 Å². The Morgan fingerprint density at radius 2 is 1.14 bits per heavy atom. The molecule has 0 saturated heterocycles. The Balaban J connectivity index is 0.000000224. The second-order valence-electron chi connectivity index (χ2n) is 17.8. The quantitative estimate of drug-likeness (QED) is 0.123. The van der Waals surface area contributed by atoms with Crippen LogP contribution in [0.1, 0.15) is 78.6 Å². The smallest absolute Gasteiger partial charge is 0.416 e. The highest BCUT2D eigenvalue weighted by Crippen LogP contribution is 2.48. The molecule has 4 aromatic heterocycles. The summed E-state index contributed by atoms with van der Waals surface area (Å²) in [5, 5.41) is 16.2. The van der Waals surface area contributed by atoms with Crippen LogP contribution >= 0.6 is 31.9 Å². The monoisotopic (exact) mass is 1030 g/mol. The Kier molecular flexibility index (Phi) is 14.8. The molecule has 0 radical (unpaired) electrons. The van der Waals surface area contributed by atoms with Gasteiger partial charge in [-0.1, -0.05) is 0 Å². The lowest BCUT2D eigenvalue weighted by atomic mass is 9.64. The van der Waals surface area contributed by atoms with Gasteiger partial charge in [0, 0.05) is 47.9 Å². The van der Waals surface area contributed by atoms with Crippen molar-refractivity contribution < 1.29 is 45.8 Å². The van der Waals surface area contributed by atoms with Crippen molar-refractivity contribution in [3.8, 4) is 17.0 Å². The van der Waals surface area contributed by atoms with Crippen molar-refractivity contribution in [2.75, 3.05) is 30.0 Å². The van der Waals surface area contributed by atoms with E-state index in [-0.39, 0.29) is 73.1 Å². The average Bonchev–Trinajstić information content (AvgIpc) is 3.21. The number of benzene rings is 1. The topological polar surface area (TPSA) is 146 Å². The van der Waals surface area contributed by atoms with Gasteiger partial charge >= 0.3 is 12.2 Å². The van der Waals surface area contributed by atoms with Crippen LogP contribution in [0.5, 0.6) is 5.75 Å². The number of pyridine rings is 2. The maximum Gasteiger partial charge on any atom is 0.416 e. The summed E-state index contributed by atoms with van der Waals surface area (Å²) in [4.78, 5) is 36.9. The van der Waals surface area contributed by atoms with E-state index in [4.69, 9.17) is 14.2 Å². The summed E-state index contributed by atoms with van der Waals surface area (Å²) in [5.41, 5.74) is -3.02. The number of hydrogen-bond acceptors (Lipinski definition) is 11. The molecule has 2 fully saturated rings. The number of ether oxygens (including phenoxy) is 3. The van der Waals surface area contributed by atoms with E-state index in [1.165, 1.54) is 77.8 Å². The molecule has 0 spiro atoms. The van der Waals surface area contributed by atoms with Crippen LogP contribution in [0.15, 0.2) is 82.1 Å². The zero-order chi connectivity index (χ0) is 47.5. The van der Waals surface area contributed by atoms with Gasteiger partial charge in [-0.25, -0.2) is 31.5 Å². The lowest BCUT2D eigenvalue weighted by Crippen LogP contribution is -2.54. The molecular weight excluding hydrogens is 987 g/mol. The van der Waals surface area contributed by atoms with Crippen molar-refractivity contribution in [1.82, 2.24) is 30.4 Å². The number of carbonyl (C=O) groups excluding carboxylic acids is 2. The largest absolute Gasteiger partial charge is 0.495 e. The number of aromatic nitrogens is 6. The Bertz CT molecular complexity index is 2480. The van der Waals surface area contributed by atoms with Gasteiger partial charge in [0.25, 0.3) is 0 Å². The zero-order valence-electron chi connectivity index (χ0n) is 36.6. The minimum absolute atomic E-state index is 0.0170. The molecule has 2 aliphatic carbocycles. The van der Waals surface area contributed by atoms with E-state index in [0.29, 0.717) is 14.8 Å². The fourth-order valence-electron chi connectivity index (χ4n) is 7.59. The highest BCUT2D eigenvalue weighted by atomic mass is 79.9. The molecule has 0 atom stereocenters. The third kappa shape index (κ3) is 11.7. The molecule has 4 heterocycles. The number of methoxy groups -OCH3 is 1. The molecule has 7 rings (SSSR count). The molecule has 13 nitrogen and oxygen atoms in total. The Labute approximate surface area is 389 Å². The zero-order valence-corrected chi connectivity index (χ0v) is 39.8. The predicted octanol–water partition coefficient (Wildman–Crippen LogP) is 11.0. The van der Waals surface area contributed by atoms with Crippen LogP contribution in [0.2, 0.25) is 0 Å². The van der Waals surface area contributed by atoms with Crippen LogP contribution in [0.4, 0.5) is 43.2 Å². The predicted molar refractivity (Wildman–Crippen MR) is 239 cm³/mol. The van der Waals surface area contributed by atoms with E-state index >= 15 is 0 Å². The number of amides is 2. The van der Waals surface area contributed by atoms with E-state index in [0.717, 1.165) is 0 Å². The SMILES string of the molecule is CC(C)(C)OC(=O)N(CC1(c2ncccc2F)CC(F)C1)c1ccc(Br)nn1.COc1cc(F)c(-c2ccc(N(CC3(c4ncccc4F)CC(F)C3)C(=O)OC(C)(C)C)nn2)cc1Br. The molecule has 0 aliphatic heterocycles. The van der Waals surface area contributed by atoms with Gasteiger partial charge in [-0.2, -0.15) is 0 Å². The number of halogens is 7. The lowest BCUT2D eigenvalue weighted by Gasteiger charge is -2.46. The fraction of sp³-hybridized carbons (Fsp3) is 0.422. The van der Waals surface area contributed by atoms with Gasteiger partial charge in [0.1, 0.15) is 51.3 Å². The number of alkyl halides is 2. The first-order valence-corrected chi connectivity index (χ1v) is 22.0. The highest BCUT2D eigenvalue weighted by molar-refractivity contribution is 9.10. The van der Waals surface area contributed by atoms with Gasteiger partial charge < -0.3 is 14.2 Å². The van der Waals surface area contributed by atoms with Gasteiger partial charge in [0.05, 0.1) is 28.7 Å². The number of rotatable bonds is 10. The molecule has 65 heavy (non-hydrogen) atoms. The van der Waals surface area contributed by atoms with Crippen molar-refractivity contribution in [3.63, 3.8) is 0 Å². The van der Waals surface area contributed by atoms with Crippen LogP contribution in [0.25, 0.3) is 11.3 Å². The van der Waals surface area contributed by atoms with Gasteiger partial charge in [0.15, 0.2) is 11.6 Å². The number of hydrogen-bond donors (Lipinski definition) is 0. The van der Waals surface area contributed by atoms with Crippen LogP contribution in [-0.2, 0) is 20.3 Å². The molecule has 0 unspecified atom stereocenters. The molecule has 20 heteroatoms. The van der Waals surface area contributed by atoms with Crippen LogP contribution in [0.3, 0.4) is 0 Å². The highest BCUT2D eigenvalue weighted by Gasteiger charge is 2.52. The van der Waals surface area contributed by atoms with E-state index in [9.17, 15) is 31.5 Å². The fourth-order valence-corrected chi connectivity index (χ4v) is 8.30. The van der Waals surface area contributed by atoms with Crippen molar-refractivity contribution >= 4 is 55.7 Å². The molecule has 2 saturated carbocycles. The number of carbonyl (C=O) groups is 2. The van der Waals surface area contributed by atoms with E-state index < -0.39 is 64.0 Å². The van der Waals surface area contributed by atoms with Gasteiger partial charge in [-0.15, -0.1) is 20.4 Å². The molecule has 0 bridgehead atoms. The normalized spacial score (nSPS) is 20.3. The third-order valence-electron chi connectivity index (χ3n) is 10.5. The minimum atomic E-state index is -1.16. The molecule has 346 valence electrons.